The zero-order chi connectivity index (χ0) is 16.9. The van der Waals surface area contributed by atoms with Gasteiger partial charge in [0.15, 0.2) is 0 Å². The first-order valence-electron chi connectivity index (χ1n) is 7.95. The van der Waals surface area contributed by atoms with Crippen molar-refractivity contribution >= 4 is 17.6 Å². The molecule has 0 amide bonds. The van der Waals surface area contributed by atoms with Crippen LogP contribution in [-0.2, 0) is 0 Å². The fourth-order valence-electron chi connectivity index (χ4n) is 2.90. The Morgan fingerprint density at radius 1 is 1.33 bits per heavy atom. The van der Waals surface area contributed by atoms with E-state index in [0.717, 1.165) is 36.7 Å². The third kappa shape index (κ3) is 3.51. The first-order chi connectivity index (χ1) is 11.7. The maximum atomic E-state index is 9.01. The highest BCUT2D eigenvalue weighted by atomic mass is 15.3. The van der Waals surface area contributed by atoms with Crippen LogP contribution in [0.2, 0.25) is 0 Å². The Labute approximate surface area is 141 Å². The molecule has 8 nitrogen and oxygen atoms in total. The second-order valence-corrected chi connectivity index (χ2v) is 5.71. The topological polar surface area (TPSA) is 103 Å². The van der Waals surface area contributed by atoms with Crippen molar-refractivity contribution in [1.29, 1.82) is 5.26 Å². The van der Waals surface area contributed by atoms with Crippen LogP contribution in [-0.4, -0.2) is 46.1 Å². The molecule has 0 bridgehead atoms. The van der Waals surface area contributed by atoms with Crippen molar-refractivity contribution in [3.8, 4) is 6.07 Å². The molecule has 1 aliphatic heterocycles. The molecule has 1 atom stereocenters. The highest BCUT2D eigenvalue weighted by Crippen LogP contribution is 2.25. The Balaban J connectivity index is 1.70. The maximum Gasteiger partial charge on any atom is 0.224 e. The summed E-state index contributed by atoms with van der Waals surface area (Å²) in [5, 5.41) is 15.3. The van der Waals surface area contributed by atoms with E-state index in [1.54, 1.807) is 12.4 Å². The van der Waals surface area contributed by atoms with Crippen LogP contribution in [0.15, 0.2) is 18.5 Å². The predicted molar refractivity (Wildman–Crippen MR) is 91.9 cm³/mol. The summed E-state index contributed by atoms with van der Waals surface area (Å²) >= 11 is 0. The van der Waals surface area contributed by atoms with Crippen molar-refractivity contribution < 1.29 is 0 Å². The van der Waals surface area contributed by atoms with Crippen LogP contribution in [0.5, 0.6) is 0 Å². The number of aryl methyl sites for hydroxylation is 1. The Kier molecular flexibility index (Phi) is 4.70. The lowest BCUT2D eigenvalue weighted by Gasteiger charge is -2.26. The van der Waals surface area contributed by atoms with Crippen LogP contribution in [0.1, 0.15) is 24.2 Å². The van der Waals surface area contributed by atoms with Gasteiger partial charge in [0.2, 0.25) is 5.95 Å². The fraction of sp³-hybridized carbons (Fsp3) is 0.438. The van der Waals surface area contributed by atoms with Crippen molar-refractivity contribution in [2.75, 3.05) is 35.7 Å². The molecule has 0 spiro atoms. The first kappa shape index (κ1) is 15.9. The van der Waals surface area contributed by atoms with Crippen LogP contribution in [0, 0.1) is 18.3 Å². The highest BCUT2D eigenvalue weighted by molar-refractivity contribution is 5.50. The number of hydrogen-bond donors (Lipinski definition) is 2. The number of hydrogen-bond acceptors (Lipinski definition) is 8. The van der Waals surface area contributed by atoms with E-state index in [4.69, 9.17) is 5.26 Å². The van der Waals surface area contributed by atoms with Gasteiger partial charge in [0.25, 0.3) is 0 Å². The Morgan fingerprint density at radius 3 is 3.00 bits per heavy atom. The van der Waals surface area contributed by atoms with Crippen molar-refractivity contribution in [3.05, 3.63) is 29.8 Å². The number of nitriles is 1. The van der Waals surface area contributed by atoms with Crippen molar-refractivity contribution in [1.82, 2.24) is 19.9 Å². The van der Waals surface area contributed by atoms with Gasteiger partial charge >= 0.3 is 0 Å². The second kappa shape index (κ2) is 7.08. The van der Waals surface area contributed by atoms with E-state index in [9.17, 15) is 0 Å². The van der Waals surface area contributed by atoms with Gasteiger partial charge in [-0.25, -0.2) is 19.9 Å². The van der Waals surface area contributed by atoms with Crippen molar-refractivity contribution in [2.45, 2.75) is 25.8 Å². The number of nitrogens with one attached hydrogen (secondary N) is 2. The number of aromatic nitrogens is 4. The predicted octanol–water partition coefficient (Wildman–Crippen LogP) is 1.57. The summed E-state index contributed by atoms with van der Waals surface area (Å²) in [6.45, 7) is 3.52. The first-order valence-corrected chi connectivity index (χ1v) is 7.95. The summed E-state index contributed by atoms with van der Waals surface area (Å²) < 4.78 is 0. The zero-order valence-electron chi connectivity index (χ0n) is 13.8. The molecule has 1 fully saturated rings. The molecule has 2 aromatic rings. The lowest BCUT2D eigenvalue weighted by Crippen LogP contribution is -2.35. The molecule has 24 heavy (non-hydrogen) atoms. The lowest BCUT2D eigenvalue weighted by atomic mass is 10.2. The van der Waals surface area contributed by atoms with Gasteiger partial charge in [-0.1, -0.05) is 0 Å². The van der Waals surface area contributed by atoms with E-state index < -0.39 is 0 Å². The summed E-state index contributed by atoms with van der Waals surface area (Å²) in [6, 6.07) is 5.99. The monoisotopic (exact) mass is 324 g/mol. The average molecular weight is 324 g/mol. The van der Waals surface area contributed by atoms with E-state index in [1.807, 2.05) is 20.0 Å². The maximum absolute atomic E-state index is 9.01. The van der Waals surface area contributed by atoms with E-state index >= 15 is 0 Å². The smallest absolute Gasteiger partial charge is 0.224 e. The summed E-state index contributed by atoms with van der Waals surface area (Å²) in [7, 11) is 1.84. The van der Waals surface area contributed by atoms with Crippen LogP contribution >= 0.6 is 0 Å². The number of nitrogens with zero attached hydrogens (tertiary/aromatic N) is 6. The molecule has 1 aliphatic rings. The molecule has 3 heterocycles. The van der Waals surface area contributed by atoms with Crippen molar-refractivity contribution in [2.24, 2.45) is 0 Å². The minimum Gasteiger partial charge on any atom is -0.373 e. The molecule has 124 valence electrons. The molecule has 8 heteroatoms. The minimum absolute atomic E-state index is 0.305. The van der Waals surface area contributed by atoms with E-state index in [2.05, 4.69) is 41.5 Å². The largest absolute Gasteiger partial charge is 0.373 e. The third-order valence-electron chi connectivity index (χ3n) is 4.04. The van der Waals surface area contributed by atoms with Crippen molar-refractivity contribution in [3.63, 3.8) is 0 Å². The molecule has 2 N–H and O–H groups in total. The minimum atomic E-state index is 0.305. The van der Waals surface area contributed by atoms with E-state index in [0.29, 0.717) is 24.2 Å². The molecule has 0 aliphatic carbocycles. The Morgan fingerprint density at radius 2 is 2.21 bits per heavy atom. The van der Waals surface area contributed by atoms with Gasteiger partial charge in [-0.05, 0) is 25.8 Å². The Bertz CT molecular complexity index is 754. The molecule has 1 saturated heterocycles. The van der Waals surface area contributed by atoms with Gasteiger partial charge in [-0.3, -0.25) is 0 Å². The molecule has 0 saturated carbocycles. The molecule has 3 rings (SSSR count). The summed E-state index contributed by atoms with van der Waals surface area (Å²) in [5.41, 5.74) is 1.16. The SMILES string of the molecule is CNc1cc(N2CCCC2CNc2nc(C)cc(C#N)n2)ncn1. The quantitative estimate of drug-likeness (QED) is 0.854. The Hall–Kier alpha value is -2.95. The molecule has 0 radical (unpaired) electrons. The summed E-state index contributed by atoms with van der Waals surface area (Å²) in [4.78, 5) is 19.4. The second-order valence-electron chi connectivity index (χ2n) is 5.71. The highest BCUT2D eigenvalue weighted by Gasteiger charge is 2.26. The fourth-order valence-corrected chi connectivity index (χ4v) is 2.90. The summed E-state index contributed by atoms with van der Waals surface area (Å²) in [5.74, 6) is 2.22. The molecule has 2 aromatic heterocycles. The molecule has 0 aromatic carbocycles. The summed E-state index contributed by atoms with van der Waals surface area (Å²) in [6.07, 6.45) is 3.76. The van der Waals surface area contributed by atoms with Crippen LogP contribution in [0.4, 0.5) is 17.6 Å². The normalized spacial score (nSPS) is 16.7. The number of anilines is 3. The molecular weight excluding hydrogens is 304 g/mol. The van der Waals surface area contributed by atoms with Gasteiger partial charge in [0.1, 0.15) is 29.7 Å². The van der Waals surface area contributed by atoms with Gasteiger partial charge in [-0.2, -0.15) is 5.26 Å². The van der Waals surface area contributed by atoms with Gasteiger partial charge in [-0.15, -0.1) is 0 Å². The van der Waals surface area contributed by atoms with E-state index in [-0.39, 0.29) is 0 Å². The van der Waals surface area contributed by atoms with Gasteiger partial charge < -0.3 is 15.5 Å². The van der Waals surface area contributed by atoms with Crippen LogP contribution in [0.3, 0.4) is 0 Å². The zero-order valence-corrected chi connectivity index (χ0v) is 13.8. The van der Waals surface area contributed by atoms with Crippen LogP contribution in [0.25, 0.3) is 0 Å². The molecular formula is C16H20N8. The van der Waals surface area contributed by atoms with Crippen LogP contribution < -0.4 is 15.5 Å². The lowest BCUT2D eigenvalue weighted by molar-refractivity contribution is 0.686. The van der Waals surface area contributed by atoms with Gasteiger partial charge in [0, 0.05) is 37.9 Å². The molecule has 1 unspecified atom stereocenters. The van der Waals surface area contributed by atoms with E-state index in [1.165, 1.54) is 0 Å². The van der Waals surface area contributed by atoms with Gasteiger partial charge in [0.05, 0.1) is 0 Å². The standard InChI is InChI=1S/C16H20N8/c1-11-6-12(8-17)23-16(22-11)19-9-13-4-3-5-24(13)15-7-14(18-2)20-10-21-15/h6-7,10,13H,3-5,9H2,1-2H3,(H,18,20,21)(H,19,22,23). The average Bonchev–Trinajstić information content (AvgIpc) is 3.08. The third-order valence-corrected chi connectivity index (χ3v) is 4.04. The number of rotatable bonds is 5.